The van der Waals surface area contributed by atoms with Gasteiger partial charge in [0.1, 0.15) is 0 Å². The summed E-state index contributed by atoms with van der Waals surface area (Å²) in [5.74, 6) is 0.338. The Hall–Kier alpha value is -0.0452. The van der Waals surface area contributed by atoms with Crippen molar-refractivity contribution in [3.63, 3.8) is 0 Å². The highest BCUT2D eigenvalue weighted by Crippen LogP contribution is 2.40. The molecule has 0 aromatic heterocycles. The van der Waals surface area contributed by atoms with Crippen molar-refractivity contribution in [2.24, 2.45) is 11.3 Å². The summed E-state index contributed by atoms with van der Waals surface area (Å²) >= 11 is 0. The predicted octanol–water partition coefficient (Wildman–Crippen LogP) is 2.79. The first-order valence-corrected chi connectivity index (χ1v) is 9.91. The van der Waals surface area contributed by atoms with Crippen LogP contribution in [0.1, 0.15) is 41.0 Å². The molecule has 9 heteroatoms. The van der Waals surface area contributed by atoms with Crippen molar-refractivity contribution in [3.8, 4) is 0 Å². The van der Waals surface area contributed by atoms with Crippen LogP contribution < -0.4 is 0 Å². The van der Waals surface area contributed by atoms with E-state index >= 15 is 0 Å². The molecule has 3 aliphatic rings. The Morgan fingerprint density at radius 3 is 1.88 bits per heavy atom. The Morgan fingerprint density at radius 1 is 0.808 bits per heavy atom. The summed E-state index contributed by atoms with van der Waals surface area (Å²) in [4.78, 5) is 0. The maximum absolute atomic E-state index is 6.10. The van der Waals surface area contributed by atoms with Crippen LogP contribution in [0.5, 0.6) is 0 Å². The second-order valence-corrected chi connectivity index (χ2v) is 9.42. The highest BCUT2D eigenvalue weighted by atomic mass is 16.7. The molecule has 0 spiro atoms. The van der Waals surface area contributed by atoms with E-state index in [9.17, 15) is 0 Å². The Bertz CT molecular complexity index is 457. The molecule has 0 unspecified atom stereocenters. The third-order valence-corrected chi connectivity index (χ3v) is 6.18. The van der Waals surface area contributed by atoms with Crippen molar-refractivity contribution in [3.05, 3.63) is 0 Å². The Kier molecular flexibility index (Phi) is 6.17. The molecule has 0 radical (unpaired) electrons. The van der Waals surface area contributed by atoms with Crippen LogP contribution in [0.3, 0.4) is 0 Å². The van der Waals surface area contributed by atoms with Crippen LogP contribution >= 0.6 is 0 Å². The summed E-state index contributed by atoms with van der Waals surface area (Å²) in [6, 6.07) is 0. The van der Waals surface area contributed by atoms with E-state index in [0.29, 0.717) is 32.3 Å². The number of hydrogen-bond donors (Lipinski definition) is 0. The van der Waals surface area contributed by atoms with Crippen molar-refractivity contribution >= 4 is 21.4 Å². The lowest BCUT2D eigenvalue weighted by Crippen LogP contribution is -2.45. The molecule has 3 aliphatic heterocycles. The van der Waals surface area contributed by atoms with E-state index in [1.54, 1.807) is 0 Å². The van der Waals surface area contributed by atoms with E-state index in [0.717, 1.165) is 19.1 Å². The Labute approximate surface area is 159 Å². The van der Waals surface area contributed by atoms with Gasteiger partial charge in [-0.25, -0.2) is 0 Å². The molecule has 3 saturated heterocycles. The van der Waals surface area contributed by atoms with Gasteiger partial charge in [-0.1, -0.05) is 6.92 Å². The molecule has 0 aromatic rings. The summed E-state index contributed by atoms with van der Waals surface area (Å²) in [6.45, 7) is 15.3. The second kappa shape index (κ2) is 7.76. The van der Waals surface area contributed by atoms with Gasteiger partial charge in [-0.05, 0) is 53.6 Å². The van der Waals surface area contributed by atoms with Gasteiger partial charge in [0.15, 0.2) is 0 Å². The van der Waals surface area contributed by atoms with Crippen molar-refractivity contribution in [2.75, 3.05) is 26.4 Å². The molecular formula is C17H33B3O6. The van der Waals surface area contributed by atoms with Crippen LogP contribution in [-0.2, 0) is 27.9 Å². The Balaban J connectivity index is 1.40. The van der Waals surface area contributed by atoms with E-state index < -0.39 is 0 Å². The molecule has 0 aromatic carbocycles. The van der Waals surface area contributed by atoms with E-state index in [-0.39, 0.29) is 38.0 Å². The van der Waals surface area contributed by atoms with Crippen LogP contribution in [0.25, 0.3) is 0 Å². The zero-order valence-electron chi connectivity index (χ0n) is 17.2. The zero-order valence-corrected chi connectivity index (χ0v) is 17.2. The van der Waals surface area contributed by atoms with E-state index in [1.165, 1.54) is 0 Å². The molecule has 0 bridgehead atoms. The van der Waals surface area contributed by atoms with Gasteiger partial charge in [0.25, 0.3) is 0 Å². The summed E-state index contributed by atoms with van der Waals surface area (Å²) in [5, 5.41) is 0. The quantitative estimate of drug-likeness (QED) is 0.698. The summed E-state index contributed by atoms with van der Waals surface area (Å²) in [7, 11) is -0.420. The maximum atomic E-state index is 6.10. The van der Waals surface area contributed by atoms with Crippen LogP contribution in [0.2, 0.25) is 19.5 Å². The fourth-order valence-electron chi connectivity index (χ4n) is 3.56. The molecule has 0 N–H and O–H groups in total. The van der Waals surface area contributed by atoms with E-state index in [1.807, 2.05) is 6.82 Å². The highest BCUT2D eigenvalue weighted by molar-refractivity contribution is 6.46. The molecule has 6 nitrogen and oxygen atoms in total. The first kappa shape index (κ1) is 20.7. The monoisotopic (exact) mass is 366 g/mol. The van der Waals surface area contributed by atoms with Gasteiger partial charge >= 0.3 is 21.4 Å². The van der Waals surface area contributed by atoms with E-state index in [4.69, 9.17) is 27.9 Å². The standard InChI is InChI=1S/C17H33B3O6/c1-15(2)16(3,4)26-19(25-15)8-7-17(5)12-23-20(24-13-17)9-14-10-21-18(6)22-11-14/h14H,7-13H2,1-6H3. The average Bonchev–Trinajstić information content (AvgIpc) is 2.78. The molecule has 0 saturated carbocycles. The summed E-state index contributed by atoms with van der Waals surface area (Å²) < 4.78 is 35.3. The molecule has 3 rings (SSSR count). The minimum Gasteiger partial charge on any atom is -0.411 e. The third kappa shape index (κ3) is 4.86. The predicted molar refractivity (Wildman–Crippen MR) is 103 cm³/mol. The smallest absolute Gasteiger partial charge is 0.411 e. The maximum Gasteiger partial charge on any atom is 0.457 e. The van der Waals surface area contributed by atoms with Crippen molar-refractivity contribution < 1.29 is 27.9 Å². The fraction of sp³-hybridized carbons (Fsp3) is 1.00. The van der Waals surface area contributed by atoms with Gasteiger partial charge < -0.3 is 27.9 Å². The lowest BCUT2D eigenvalue weighted by molar-refractivity contribution is 0.00578. The van der Waals surface area contributed by atoms with Crippen LogP contribution in [0.15, 0.2) is 0 Å². The number of hydrogen-bond acceptors (Lipinski definition) is 6. The first-order valence-electron chi connectivity index (χ1n) is 9.91. The lowest BCUT2D eigenvalue weighted by atomic mass is 9.70. The fourth-order valence-corrected chi connectivity index (χ4v) is 3.56. The van der Waals surface area contributed by atoms with Gasteiger partial charge in [-0.15, -0.1) is 0 Å². The van der Waals surface area contributed by atoms with Gasteiger partial charge in [0.2, 0.25) is 0 Å². The van der Waals surface area contributed by atoms with Gasteiger partial charge in [-0.3, -0.25) is 0 Å². The normalized spacial score (nSPS) is 28.6. The first-order chi connectivity index (χ1) is 12.1. The van der Waals surface area contributed by atoms with E-state index in [2.05, 4.69) is 34.6 Å². The molecule has 146 valence electrons. The summed E-state index contributed by atoms with van der Waals surface area (Å²) in [6.07, 6.45) is 2.62. The topological polar surface area (TPSA) is 55.4 Å². The highest BCUT2D eigenvalue weighted by Gasteiger charge is 2.51. The molecule has 0 atom stereocenters. The SMILES string of the molecule is CB1OCC(CB2OCC(C)(CCB3OC(C)(C)C(C)(C)O3)CO2)CO1. The zero-order chi connectivity index (χ0) is 19.0. The van der Waals surface area contributed by atoms with Crippen molar-refractivity contribution in [2.45, 2.75) is 71.7 Å². The molecule has 0 aliphatic carbocycles. The number of rotatable bonds is 5. The lowest BCUT2D eigenvalue weighted by Gasteiger charge is -2.38. The molecule has 0 amide bonds. The van der Waals surface area contributed by atoms with Gasteiger partial charge in [0, 0.05) is 37.8 Å². The minimum atomic E-state index is -0.273. The molecule has 3 heterocycles. The molecule has 26 heavy (non-hydrogen) atoms. The second-order valence-electron chi connectivity index (χ2n) is 9.42. The van der Waals surface area contributed by atoms with Crippen LogP contribution in [0, 0.1) is 11.3 Å². The summed E-state index contributed by atoms with van der Waals surface area (Å²) in [5.41, 5.74) is -0.552. The van der Waals surface area contributed by atoms with Crippen molar-refractivity contribution in [1.29, 1.82) is 0 Å². The van der Waals surface area contributed by atoms with Gasteiger partial charge in [-0.2, -0.15) is 0 Å². The third-order valence-electron chi connectivity index (χ3n) is 6.18. The minimum absolute atomic E-state index is 0.00578. The van der Waals surface area contributed by atoms with Crippen LogP contribution in [0.4, 0.5) is 0 Å². The Morgan fingerprint density at radius 2 is 1.35 bits per heavy atom. The average molecular weight is 366 g/mol. The van der Waals surface area contributed by atoms with Gasteiger partial charge in [0.05, 0.1) is 11.2 Å². The van der Waals surface area contributed by atoms with Crippen LogP contribution in [-0.4, -0.2) is 59.0 Å². The largest absolute Gasteiger partial charge is 0.457 e. The molecular weight excluding hydrogens is 333 g/mol. The molecule has 3 fully saturated rings. The van der Waals surface area contributed by atoms with Crippen molar-refractivity contribution in [1.82, 2.24) is 0 Å².